The summed E-state index contributed by atoms with van der Waals surface area (Å²) in [6, 6.07) is 11.3. The monoisotopic (exact) mass is 377 g/mol. The fourth-order valence-electron chi connectivity index (χ4n) is 2.97. The van der Waals surface area contributed by atoms with Crippen molar-refractivity contribution in [1.29, 1.82) is 5.26 Å². The summed E-state index contributed by atoms with van der Waals surface area (Å²) >= 11 is 0. The van der Waals surface area contributed by atoms with Crippen molar-refractivity contribution in [3.63, 3.8) is 0 Å². The zero-order chi connectivity index (χ0) is 19.3. The fraction of sp³-hybridized carbons (Fsp3) is 0.200. The smallest absolute Gasteiger partial charge is 0.234 e. The highest BCUT2D eigenvalue weighted by Crippen LogP contribution is 2.33. The molecule has 1 aliphatic heterocycles. The lowest BCUT2D eigenvalue weighted by molar-refractivity contribution is 0.174. The molecule has 0 N–H and O–H groups in total. The Kier molecular flexibility index (Phi) is 4.97. The lowest BCUT2D eigenvalue weighted by Gasteiger charge is -2.24. The van der Waals surface area contributed by atoms with Gasteiger partial charge < -0.3 is 14.4 Å². The average Bonchev–Trinajstić information content (AvgIpc) is 3.20. The first-order chi connectivity index (χ1) is 13.7. The minimum atomic E-state index is -0.575. The first kappa shape index (κ1) is 17.7. The summed E-state index contributed by atoms with van der Waals surface area (Å²) in [5.41, 5.74) is 1.98. The first-order valence-corrected chi connectivity index (χ1v) is 8.68. The third-order valence-electron chi connectivity index (χ3n) is 4.36. The molecule has 0 unspecified atom stereocenters. The standard InChI is InChI=1S/C20H16FN5O2/c21-16-11-24-19(10-22)25-20(16)26(8-5-14-3-6-23-7-4-14)12-15-1-2-17-18(9-15)28-13-27-17/h1-4,6-7,9,11H,5,8,12-13H2. The van der Waals surface area contributed by atoms with Crippen LogP contribution in [0.1, 0.15) is 17.0 Å². The van der Waals surface area contributed by atoms with Crippen molar-refractivity contribution in [3.05, 3.63) is 71.7 Å². The van der Waals surface area contributed by atoms with Crippen molar-refractivity contribution in [2.45, 2.75) is 13.0 Å². The summed E-state index contributed by atoms with van der Waals surface area (Å²) in [6.07, 6.45) is 5.13. The zero-order valence-electron chi connectivity index (χ0n) is 14.9. The molecule has 140 valence electrons. The SMILES string of the molecule is N#Cc1ncc(F)c(N(CCc2ccncc2)Cc2ccc3c(c2)OCO3)n1. The molecule has 0 atom stereocenters. The van der Waals surface area contributed by atoms with Gasteiger partial charge in [0.05, 0.1) is 6.20 Å². The predicted octanol–water partition coefficient (Wildman–Crippen LogP) is 2.86. The predicted molar refractivity (Wildman–Crippen MR) is 98.3 cm³/mol. The Hall–Kier alpha value is -3.73. The molecule has 0 spiro atoms. The molecular weight excluding hydrogens is 361 g/mol. The molecule has 2 aromatic heterocycles. The van der Waals surface area contributed by atoms with Crippen LogP contribution in [0, 0.1) is 17.1 Å². The average molecular weight is 377 g/mol. The van der Waals surface area contributed by atoms with Gasteiger partial charge in [-0.3, -0.25) is 4.98 Å². The van der Waals surface area contributed by atoms with Crippen LogP contribution >= 0.6 is 0 Å². The van der Waals surface area contributed by atoms with Gasteiger partial charge in [-0.2, -0.15) is 10.2 Å². The quantitative estimate of drug-likeness (QED) is 0.653. The number of fused-ring (bicyclic) bond motifs is 1. The van der Waals surface area contributed by atoms with Crippen molar-refractivity contribution in [2.75, 3.05) is 18.2 Å². The number of anilines is 1. The Bertz CT molecular complexity index is 1020. The topological polar surface area (TPSA) is 84.2 Å². The molecule has 0 bridgehead atoms. The van der Waals surface area contributed by atoms with E-state index in [0.717, 1.165) is 17.3 Å². The molecule has 7 nitrogen and oxygen atoms in total. The van der Waals surface area contributed by atoms with E-state index in [2.05, 4.69) is 15.0 Å². The van der Waals surface area contributed by atoms with Gasteiger partial charge in [0.1, 0.15) is 6.07 Å². The molecule has 3 aromatic rings. The van der Waals surface area contributed by atoms with E-state index in [0.29, 0.717) is 31.0 Å². The largest absolute Gasteiger partial charge is 0.454 e. The number of hydrogen-bond acceptors (Lipinski definition) is 7. The second-order valence-corrected chi connectivity index (χ2v) is 6.19. The molecule has 28 heavy (non-hydrogen) atoms. The van der Waals surface area contributed by atoms with Gasteiger partial charge in [-0.15, -0.1) is 0 Å². The Morgan fingerprint density at radius 3 is 2.75 bits per heavy atom. The molecule has 0 fully saturated rings. The molecular formula is C20H16FN5O2. The van der Waals surface area contributed by atoms with E-state index in [1.165, 1.54) is 0 Å². The van der Waals surface area contributed by atoms with Crippen molar-refractivity contribution < 1.29 is 13.9 Å². The summed E-state index contributed by atoms with van der Waals surface area (Å²) < 4.78 is 25.2. The van der Waals surface area contributed by atoms with Crippen LogP contribution in [-0.4, -0.2) is 28.3 Å². The summed E-state index contributed by atoms with van der Waals surface area (Å²) in [7, 11) is 0. The van der Waals surface area contributed by atoms with E-state index in [4.69, 9.17) is 14.7 Å². The number of hydrogen-bond donors (Lipinski definition) is 0. The first-order valence-electron chi connectivity index (χ1n) is 8.68. The Morgan fingerprint density at radius 2 is 1.93 bits per heavy atom. The van der Waals surface area contributed by atoms with Gasteiger partial charge in [-0.25, -0.2) is 9.37 Å². The van der Waals surface area contributed by atoms with Crippen molar-refractivity contribution in [2.24, 2.45) is 0 Å². The van der Waals surface area contributed by atoms with Crippen LogP contribution in [0.25, 0.3) is 0 Å². The molecule has 0 radical (unpaired) electrons. The normalized spacial score (nSPS) is 11.9. The third-order valence-corrected chi connectivity index (χ3v) is 4.36. The van der Waals surface area contributed by atoms with Gasteiger partial charge in [0, 0.05) is 25.5 Å². The van der Waals surface area contributed by atoms with Crippen LogP contribution in [0.3, 0.4) is 0 Å². The van der Waals surface area contributed by atoms with E-state index < -0.39 is 5.82 Å². The summed E-state index contributed by atoms with van der Waals surface area (Å²) in [5.74, 6) is 0.795. The third kappa shape index (κ3) is 3.83. The number of pyridine rings is 1. The molecule has 0 saturated heterocycles. The van der Waals surface area contributed by atoms with Crippen molar-refractivity contribution in [3.8, 4) is 17.6 Å². The fourth-order valence-corrected chi connectivity index (χ4v) is 2.97. The maximum atomic E-state index is 14.5. The lowest BCUT2D eigenvalue weighted by Crippen LogP contribution is -2.27. The van der Waals surface area contributed by atoms with Gasteiger partial charge in [0.15, 0.2) is 23.1 Å². The van der Waals surface area contributed by atoms with Crippen LogP contribution in [0.15, 0.2) is 48.9 Å². The van der Waals surface area contributed by atoms with Crippen LogP contribution in [-0.2, 0) is 13.0 Å². The second kappa shape index (κ2) is 7.88. The van der Waals surface area contributed by atoms with Gasteiger partial charge >= 0.3 is 0 Å². The van der Waals surface area contributed by atoms with E-state index in [9.17, 15) is 4.39 Å². The van der Waals surface area contributed by atoms with Crippen LogP contribution in [0.4, 0.5) is 10.2 Å². The molecule has 8 heteroatoms. The summed E-state index contributed by atoms with van der Waals surface area (Å²) in [5, 5.41) is 9.08. The van der Waals surface area contributed by atoms with Gasteiger partial charge in [-0.1, -0.05) is 6.07 Å². The molecule has 4 rings (SSSR count). The van der Waals surface area contributed by atoms with E-state index in [1.54, 1.807) is 17.3 Å². The second-order valence-electron chi connectivity index (χ2n) is 6.19. The number of nitriles is 1. The molecule has 0 aliphatic carbocycles. The highest BCUT2D eigenvalue weighted by molar-refractivity contribution is 5.47. The molecule has 0 saturated carbocycles. The van der Waals surface area contributed by atoms with Gasteiger partial charge in [0.25, 0.3) is 0 Å². The van der Waals surface area contributed by atoms with E-state index >= 15 is 0 Å². The minimum Gasteiger partial charge on any atom is -0.454 e. The van der Waals surface area contributed by atoms with Gasteiger partial charge in [-0.05, 0) is 41.8 Å². The Balaban J connectivity index is 1.62. The van der Waals surface area contributed by atoms with Crippen LogP contribution in [0.5, 0.6) is 11.5 Å². The van der Waals surface area contributed by atoms with E-state index in [1.807, 2.05) is 36.4 Å². The lowest BCUT2D eigenvalue weighted by atomic mass is 10.1. The summed E-state index contributed by atoms with van der Waals surface area (Å²) in [6.45, 7) is 1.08. The van der Waals surface area contributed by atoms with E-state index in [-0.39, 0.29) is 18.4 Å². The van der Waals surface area contributed by atoms with Crippen molar-refractivity contribution in [1.82, 2.24) is 15.0 Å². The molecule has 1 aromatic carbocycles. The van der Waals surface area contributed by atoms with Crippen molar-refractivity contribution >= 4 is 5.82 Å². The number of nitrogens with zero attached hydrogens (tertiary/aromatic N) is 5. The molecule has 1 aliphatic rings. The highest BCUT2D eigenvalue weighted by atomic mass is 19.1. The number of ether oxygens (including phenoxy) is 2. The number of aromatic nitrogens is 3. The molecule has 3 heterocycles. The Morgan fingerprint density at radius 1 is 1.11 bits per heavy atom. The number of rotatable bonds is 6. The molecule has 0 amide bonds. The van der Waals surface area contributed by atoms with Gasteiger partial charge in [0.2, 0.25) is 12.6 Å². The van der Waals surface area contributed by atoms with Crippen LogP contribution < -0.4 is 14.4 Å². The maximum Gasteiger partial charge on any atom is 0.234 e. The Labute approximate surface area is 161 Å². The number of halogens is 1. The highest BCUT2D eigenvalue weighted by Gasteiger charge is 2.18. The maximum absolute atomic E-state index is 14.5. The summed E-state index contributed by atoms with van der Waals surface area (Å²) in [4.78, 5) is 13.6. The number of benzene rings is 1. The van der Waals surface area contributed by atoms with Crippen LogP contribution in [0.2, 0.25) is 0 Å². The zero-order valence-corrected chi connectivity index (χ0v) is 14.9. The minimum absolute atomic E-state index is 0.0732.